The van der Waals surface area contributed by atoms with Gasteiger partial charge in [0.15, 0.2) is 0 Å². The van der Waals surface area contributed by atoms with Gasteiger partial charge in [-0.3, -0.25) is 14.9 Å². The number of hydrogen-bond donors (Lipinski definition) is 1. The molecule has 1 aromatic rings. The second-order valence-corrected chi connectivity index (χ2v) is 5.65. The summed E-state index contributed by atoms with van der Waals surface area (Å²) in [4.78, 5) is 24.5. The van der Waals surface area contributed by atoms with Gasteiger partial charge in [-0.05, 0) is 38.3 Å². The van der Waals surface area contributed by atoms with Gasteiger partial charge < -0.3 is 10.0 Å². The first kappa shape index (κ1) is 15.4. The molecule has 0 spiro atoms. The highest BCUT2D eigenvalue weighted by Crippen LogP contribution is 2.23. The van der Waals surface area contributed by atoms with Crippen molar-refractivity contribution in [2.75, 3.05) is 13.1 Å². The van der Waals surface area contributed by atoms with E-state index in [0.717, 1.165) is 12.8 Å². The first-order valence-corrected chi connectivity index (χ1v) is 7.12. The number of nitrogens with zero attached hydrogens (tertiary/aromatic N) is 2. The molecule has 1 fully saturated rings. The molecule has 21 heavy (non-hydrogen) atoms. The number of non-ortho nitro benzene ring substituents is 1. The van der Waals surface area contributed by atoms with Gasteiger partial charge >= 0.3 is 0 Å². The molecule has 1 aliphatic rings. The highest BCUT2D eigenvalue weighted by molar-refractivity contribution is 5.96. The first-order chi connectivity index (χ1) is 9.90. The van der Waals surface area contributed by atoms with Crippen molar-refractivity contribution in [1.29, 1.82) is 0 Å². The molecular weight excluding hydrogens is 272 g/mol. The number of piperidine rings is 1. The van der Waals surface area contributed by atoms with Crippen LogP contribution in [0.4, 0.5) is 5.69 Å². The van der Waals surface area contributed by atoms with Gasteiger partial charge in [0, 0.05) is 36.7 Å². The molecule has 2 unspecified atom stereocenters. The predicted octanol–water partition coefficient (Wildman–Crippen LogP) is 2.14. The van der Waals surface area contributed by atoms with Crippen molar-refractivity contribution in [2.24, 2.45) is 5.92 Å². The summed E-state index contributed by atoms with van der Waals surface area (Å²) in [5.41, 5.74) is 1.09. The monoisotopic (exact) mass is 292 g/mol. The van der Waals surface area contributed by atoms with Crippen LogP contribution in [-0.2, 0) is 0 Å². The fraction of sp³-hybridized carbons (Fsp3) is 0.533. The number of rotatable bonds is 3. The maximum Gasteiger partial charge on any atom is 0.269 e. The fourth-order valence-electron chi connectivity index (χ4n) is 2.76. The number of hydrogen-bond acceptors (Lipinski definition) is 4. The average Bonchev–Trinajstić information content (AvgIpc) is 2.46. The lowest BCUT2D eigenvalue weighted by molar-refractivity contribution is -0.384. The Kier molecular flexibility index (Phi) is 4.57. The van der Waals surface area contributed by atoms with Gasteiger partial charge in [0.1, 0.15) is 0 Å². The average molecular weight is 292 g/mol. The Morgan fingerprint density at radius 1 is 1.52 bits per heavy atom. The molecule has 0 aliphatic carbocycles. The zero-order chi connectivity index (χ0) is 15.6. The third-order valence-corrected chi connectivity index (χ3v) is 4.08. The van der Waals surface area contributed by atoms with Gasteiger partial charge in [0.25, 0.3) is 11.6 Å². The normalized spacial score (nSPS) is 20.1. The van der Waals surface area contributed by atoms with E-state index >= 15 is 0 Å². The van der Waals surface area contributed by atoms with Crippen LogP contribution in [0.3, 0.4) is 0 Å². The number of nitro benzene ring substituents is 1. The molecule has 114 valence electrons. The van der Waals surface area contributed by atoms with Gasteiger partial charge in [0.2, 0.25) is 0 Å². The largest absolute Gasteiger partial charge is 0.393 e. The van der Waals surface area contributed by atoms with Crippen molar-refractivity contribution >= 4 is 11.6 Å². The summed E-state index contributed by atoms with van der Waals surface area (Å²) in [7, 11) is 0. The van der Waals surface area contributed by atoms with Crippen molar-refractivity contribution in [3.05, 3.63) is 39.4 Å². The number of amides is 1. The van der Waals surface area contributed by atoms with E-state index in [1.54, 1.807) is 18.7 Å². The minimum Gasteiger partial charge on any atom is -0.393 e. The lowest BCUT2D eigenvalue weighted by Gasteiger charge is -2.34. The first-order valence-electron chi connectivity index (χ1n) is 7.12. The molecule has 1 N–H and O–H groups in total. The highest BCUT2D eigenvalue weighted by Gasteiger charge is 2.28. The quantitative estimate of drug-likeness (QED) is 0.683. The highest BCUT2D eigenvalue weighted by atomic mass is 16.6. The summed E-state index contributed by atoms with van der Waals surface area (Å²) in [6, 6.07) is 4.29. The van der Waals surface area contributed by atoms with Crippen LogP contribution in [0.1, 0.15) is 35.7 Å². The maximum atomic E-state index is 12.5. The fourth-order valence-corrected chi connectivity index (χ4v) is 2.76. The standard InChI is InChI=1S/C15H20N2O4/c1-10-8-13(17(20)21)5-6-14(10)15(19)16-7-3-4-12(9-16)11(2)18/h5-6,8,11-12,18H,3-4,7,9H2,1-2H3. The molecule has 1 amide bonds. The van der Waals surface area contributed by atoms with E-state index in [0.29, 0.717) is 24.2 Å². The van der Waals surface area contributed by atoms with Crippen LogP contribution in [-0.4, -0.2) is 40.0 Å². The third kappa shape index (κ3) is 3.39. The van der Waals surface area contributed by atoms with E-state index in [1.807, 2.05) is 0 Å². The van der Waals surface area contributed by atoms with Gasteiger partial charge in [-0.2, -0.15) is 0 Å². The summed E-state index contributed by atoms with van der Waals surface area (Å²) in [5, 5.41) is 20.4. The number of nitro groups is 1. The minimum atomic E-state index is -0.467. The second kappa shape index (κ2) is 6.22. The number of carbonyl (C=O) groups is 1. The lowest BCUT2D eigenvalue weighted by Crippen LogP contribution is -2.43. The van der Waals surface area contributed by atoms with Crippen LogP contribution in [0.25, 0.3) is 0 Å². The Morgan fingerprint density at radius 3 is 2.81 bits per heavy atom. The topological polar surface area (TPSA) is 83.7 Å². The van der Waals surface area contributed by atoms with Gasteiger partial charge in [-0.25, -0.2) is 0 Å². The molecule has 0 saturated carbocycles. The number of aryl methyl sites for hydroxylation is 1. The minimum absolute atomic E-state index is 0.00967. The molecule has 6 heteroatoms. The van der Waals surface area contributed by atoms with Crippen LogP contribution >= 0.6 is 0 Å². The van der Waals surface area contributed by atoms with Crippen molar-refractivity contribution in [3.8, 4) is 0 Å². The molecule has 2 rings (SSSR count). The Morgan fingerprint density at radius 2 is 2.24 bits per heavy atom. The Bertz CT molecular complexity index is 557. The molecule has 1 aliphatic heterocycles. The summed E-state index contributed by atoms with van der Waals surface area (Å²) < 4.78 is 0. The number of aliphatic hydroxyl groups excluding tert-OH is 1. The third-order valence-electron chi connectivity index (χ3n) is 4.08. The number of aliphatic hydroxyl groups is 1. The predicted molar refractivity (Wildman–Crippen MR) is 78.1 cm³/mol. The Hall–Kier alpha value is -1.95. The zero-order valence-electron chi connectivity index (χ0n) is 12.3. The van der Waals surface area contributed by atoms with E-state index in [-0.39, 0.29) is 17.5 Å². The summed E-state index contributed by atoms with van der Waals surface area (Å²) >= 11 is 0. The molecule has 1 aromatic carbocycles. The van der Waals surface area contributed by atoms with Gasteiger partial charge in [-0.1, -0.05) is 0 Å². The Labute approximate surface area is 123 Å². The van der Waals surface area contributed by atoms with Crippen LogP contribution in [0, 0.1) is 23.0 Å². The molecule has 1 heterocycles. The molecule has 1 saturated heterocycles. The number of carbonyl (C=O) groups excluding carboxylic acids is 1. The summed E-state index contributed by atoms with van der Waals surface area (Å²) in [6.07, 6.45) is 1.35. The van der Waals surface area contributed by atoms with Crippen molar-refractivity contribution in [3.63, 3.8) is 0 Å². The van der Waals surface area contributed by atoms with E-state index in [1.165, 1.54) is 18.2 Å². The maximum absolute atomic E-state index is 12.5. The van der Waals surface area contributed by atoms with Crippen LogP contribution in [0.5, 0.6) is 0 Å². The van der Waals surface area contributed by atoms with E-state index < -0.39 is 11.0 Å². The van der Waals surface area contributed by atoms with Crippen LogP contribution < -0.4 is 0 Å². The van der Waals surface area contributed by atoms with Crippen LogP contribution in [0.2, 0.25) is 0 Å². The second-order valence-electron chi connectivity index (χ2n) is 5.65. The smallest absolute Gasteiger partial charge is 0.269 e. The molecule has 0 aromatic heterocycles. The zero-order valence-corrected chi connectivity index (χ0v) is 12.3. The summed E-state index contributed by atoms with van der Waals surface area (Å²) in [5.74, 6) is -0.0196. The van der Waals surface area contributed by atoms with Gasteiger partial charge in [0.05, 0.1) is 11.0 Å². The van der Waals surface area contributed by atoms with Crippen LogP contribution in [0.15, 0.2) is 18.2 Å². The van der Waals surface area contributed by atoms with Crippen molar-refractivity contribution in [2.45, 2.75) is 32.8 Å². The Balaban J connectivity index is 2.18. The lowest BCUT2D eigenvalue weighted by atomic mass is 9.92. The molecule has 6 nitrogen and oxygen atoms in total. The summed E-state index contributed by atoms with van der Waals surface area (Å²) in [6.45, 7) is 4.65. The van der Waals surface area contributed by atoms with Crippen molar-refractivity contribution in [1.82, 2.24) is 4.90 Å². The van der Waals surface area contributed by atoms with E-state index in [2.05, 4.69) is 0 Å². The molecular formula is C15H20N2O4. The number of likely N-dealkylation sites (tertiary alicyclic amines) is 1. The van der Waals surface area contributed by atoms with E-state index in [4.69, 9.17) is 0 Å². The number of benzene rings is 1. The molecule has 0 radical (unpaired) electrons. The molecule has 2 atom stereocenters. The molecule has 0 bridgehead atoms. The SMILES string of the molecule is Cc1cc([N+](=O)[O-])ccc1C(=O)N1CCCC(C(C)O)C1. The van der Waals surface area contributed by atoms with E-state index in [9.17, 15) is 20.0 Å². The van der Waals surface area contributed by atoms with Gasteiger partial charge in [-0.15, -0.1) is 0 Å². The van der Waals surface area contributed by atoms with Crippen molar-refractivity contribution < 1.29 is 14.8 Å².